The molecule has 1 aromatic rings. The topological polar surface area (TPSA) is 26.3 Å². The third-order valence-electron chi connectivity index (χ3n) is 3.63. The summed E-state index contributed by atoms with van der Waals surface area (Å²) in [5.74, 6) is 0.224. The van der Waals surface area contributed by atoms with Crippen molar-refractivity contribution in [3.63, 3.8) is 0 Å². The van der Waals surface area contributed by atoms with E-state index in [2.05, 4.69) is 31.2 Å². The number of rotatable bonds is 4. The Kier molecular flexibility index (Phi) is 4.84. The number of allylic oxidation sites excluding steroid dienone is 2. The number of esters is 1. The molecule has 0 aliphatic heterocycles. The third-order valence-corrected chi connectivity index (χ3v) is 6.57. The molecular weight excluding hydrogens is 303 g/mol. The maximum absolute atomic E-state index is 12.3. The Bertz CT molecular complexity index is 455. The summed E-state index contributed by atoms with van der Waals surface area (Å²) in [6.45, 7) is 2.06. The first-order valence-electron chi connectivity index (χ1n) is 6.66. The van der Waals surface area contributed by atoms with Crippen molar-refractivity contribution in [2.24, 2.45) is 5.92 Å². The second kappa shape index (κ2) is 6.40. The molecule has 0 amide bonds. The minimum atomic E-state index is -0.403. The van der Waals surface area contributed by atoms with Crippen LogP contribution in [0.4, 0.5) is 0 Å². The number of methoxy groups -OCH3 is 1. The molecule has 0 N–H and O–H groups in total. The van der Waals surface area contributed by atoms with Crippen LogP contribution in [0.5, 0.6) is 0 Å². The van der Waals surface area contributed by atoms with E-state index in [-0.39, 0.29) is 20.9 Å². The number of hydrogen-bond donors (Lipinski definition) is 0. The zero-order chi connectivity index (χ0) is 13.7. The SMILES string of the molecule is COC(=O)C(C)([Se]c1ccccc1)C1C=CCCC1. The molecule has 0 bridgehead atoms. The van der Waals surface area contributed by atoms with Crippen LogP contribution in [-0.2, 0) is 9.53 Å². The first kappa shape index (κ1) is 14.4. The van der Waals surface area contributed by atoms with Crippen LogP contribution in [-0.4, -0.2) is 28.0 Å². The van der Waals surface area contributed by atoms with E-state index in [0.29, 0.717) is 5.92 Å². The summed E-state index contributed by atoms with van der Waals surface area (Å²) in [5, 5.41) is 0. The van der Waals surface area contributed by atoms with Gasteiger partial charge in [-0.05, 0) is 0 Å². The minimum absolute atomic E-state index is 0.0760. The molecule has 0 fully saturated rings. The Morgan fingerprint density at radius 2 is 2.11 bits per heavy atom. The van der Waals surface area contributed by atoms with Crippen molar-refractivity contribution in [2.75, 3.05) is 7.11 Å². The molecule has 0 spiro atoms. The third kappa shape index (κ3) is 3.29. The van der Waals surface area contributed by atoms with Gasteiger partial charge in [0, 0.05) is 0 Å². The van der Waals surface area contributed by atoms with Gasteiger partial charge in [0.2, 0.25) is 0 Å². The Balaban J connectivity index is 2.26. The van der Waals surface area contributed by atoms with Crippen molar-refractivity contribution in [1.29, 1.82) is 0 Å². The second-order valence-corrected chi connectivity index (χ2v) is 8.18. The molecule has 2 unspecified atom stereocenters. The summed E-state index contributed by atoms with van der Waals surface area (Å²) in [5.41, 5.74) is 0. The van der Waals surface area contributed by atoms with E-state index in [0.717, 1.165) is 12.8 Å². The Morgan fingerprint density at radius 1 is 1.37 bits per heavy atom. The van der Waals surface area contributed by atoms with E-state index in [1.54, 1.807) is 0 Å². The van der Waals surface area contributed by atoms with Gasteiger partial charge in [-0.15, -0.1) is 0 Å². The van der Waals surface area contributed by atoms with E-state index >= 15 is 0 Å². The van der Waals surface area contributed by atoms with Crippen molar-refractivity contribution < 1.29 is 9.53 Å². The molecule has 2 rings (SSSR count). The standard InChI is InChI=1S/C16H20O2Se/c1-16(15(17)18-2,13-9-5-3-6-10-13)19-14-11-7-4-8-12-14/h4-5,7-9,11-13H,3,6,10H2,1-2H3. The van der Waals surface area contributed by atoms with Crippen molar-refractivity contribution >= 4 is 25.4 Å². The molecule has 0 radical (unpaired) electrons. The molecule has 2 nitrogen and oxygen atoms in total. The predicted molar refractivity (Wildman–Crippen MR) is 78.7 cm³/mol. The molecule has 0 saturated carbocycles. The van der Waals surface area contributed by atoms with Crippen LogP contribution in [0.2, 0.25) is 4.31 Å². The van der Waals surface area contributed by atoms with Crippen LogP contribution in [0.25, 0.3) is 0 Å². The number of carbonyl (C=O) groups excluding carboxylic acids is 1. The summed E-state index contributed by atoms with van der Waals surface area (Å²) < 4.78 is 5.93. The molecule has 102 valence electrons. The predicted octanol–water partition coefficient (Wildman–Crippen LogP) is 2.72. The van der Waals surface area contributed by atoms with Crippen LogP contribution >= 0.6 is 0 Å². The summed E-state index contributed by atoms with van der Waals surface area (Å²) in [6, 6.07) is 10.3. The Labute approximate surface area is 121 Å². The van der Waals surface area contributed by atoms with Gasteiger partial charge in [-0.25, -0.2) is 0 Å². The van der Waals surface area contributed by atoms with Crippen LogP contribution < -0.4 is 4.46 Å². The van der Waals surface area contributed by atoms with Gasteiger partial charge in [-0.1, -0.05) is 0 Å². The summed E-state index contributed by atoms with van der Waals surface area (Å²) in [4.78, 5) is 12.3. The van der Waals surface area contributed by atoms with E-state index in [1.165, 1.54) is 18.0 Å². The van der Waals surface area contributed by atoms with Gasteiger partial charge in [0.15, 0.2) is 0 Å². The van der Waals surface area contributed by atoms with Gasteiger partial charge in [-0.2, -0.15) is 0 Å². The molecular formula is C16H20O2Se. The molecule has 0 aromatic heterocycles. The average Bonchev–Trinajstić information content (AvgIpc) is 2.48. The number of ether oxygens (including phenoxy) is 1. The normalized spacial score (nSPS) is 21.7. The molecule has 2 atom stereocenters. The van der Waals surface area contributed by atoms with Gasteiger partial charge in [-0.3, -0.25) is 0 Å². The molecule has 3 heteroatoms. The molecule has 1 aliphatic rings. The fourth-order valence-corrected chi connectivity index (χ4v) is 5.20. The molecule has 0 saturated heterocycles. The zero-order valence-electron chi connectivity index (χ0n) is 11.5. The summed E-state index contributed by atoms with van der Waals surface area (Å²) in [6.07, 6.45) is 7.79. The molecule has 1 aromatic carbocycles. The van der Waals surface area contributed by atoms with Crippen LogP contribution in [0, 0.1) is 5.92 Å². The number of carbonyl (C=O) groups is 1. The van der Waals surface area contributed by atoms with Gasteiger partial charge in [0.25, 0.3) is 0 Å². The van der Waals surface area contributed by atoms with E-state index < -0.39 is 4.31 Å². The quantitative estimate of drug-likeness (QED) is 0.484. The van der Waals surface area contributed by atoms with Gasteiger partial charge in [0.05, 0.1) is 0 Å². The molecule has 0 heterocycles. The Morgan fingerprint density at radius 3 is 2.68 bits per heavy atom. The van der Waals surface area contributed by atoms with Crippen LogP contribution in [0.1, 0.15) is 26.2 Å². The van der Waals surface area contributed by atoms with Crippen molar-refractivity contribution in [1.82, 2.24) is 0 Å². The fourth-order valence-electron chi connectivity index (χ4n) is 2.48. The monoisotopic (exact) mass is 324 g/mol. The average molecular weight is 323 g/mol. The summed E-state index contributed by atoms with van der Waals surface area (Å²) >= 11 is 0.0771. The Hall–Kier alpha value is -1.05. The molecule has 19 heavy (non-hydrogen) atoms. The van der Waals surface area contributed by atoms with E-state index in [4.69, 9.17) is 4.74 Å². The van der Waals surface area contributed by atoms with Crippen molar-refractivity contribution in [3.05, 3.63) is 42.5 Å². The number of benzene rings is 1. The first-order valence-corrected chi connectivity index (χ1v) is 8.37. The van der Waals surface area contributed by atoms with Gasteiger partial charge in [0.1, 0.15) is 0 Å². The van der Waals surface area contributed by atoms with E-state index in [1.807, 2.05) is 18.2 Å². The van der Waals surface area contributed by atoms with Crippen molar-refractivity contribution in [3.8, 4) is 0 Å². The van der Waals surface area contributed by atoms with Crippen LogP contribution in [0.15, 0.2) is 42.5 Å². The van der Waals surface area contributed by atoms with Crippen molar-refractivity contribution in [2.45, 2.75) is 30.5 Å². The second-order valence-electron chi connectivity index (χ2n) is 4.98. The summed E-state index contributed by atoms with van der Waals surface area (Å²) in [7, 11) is 1.49. The number of hydrogen-bond acceptors (Lipinski definition) is 2. The van der Waals surface area contributed by atoms with Gasteiger partial charge >= 0.3 is 121 Å². The first-order chi connectivity index (χ1) is 9.16. The maximum atomic E-state index is 12.3. The zero-order valence-corrected chi connectivity index (χ0v) is 13.2. The van der Waals surface area contributed by atoms with E-state index in [9.17, 15) is 4.79 Å². The molecule has 1 aliphatic carbocycles. The van der Waals surface area contributed by atoms with Gasteiger partial charge < -0.3 is 0 Å². The van der Waals surface area contributed by atoms with Crippen LogP contribution in [0.3, 0.4) is 0 Å². The fraction of sp³-hybridized carbons (Fsp3) is 0.438.